The number of likely N-dealkylation sites (tertiary alicyclic amines) is 1. The number of aromatic amines is 1. The monoisotopic (exact) mass is 396 g/mol. The smallest absolute Gasteiger partial charge is 0.233 e. The highest BCUT2D eigenvalue weighted by atomic mass is 16.5. The van der Waals surface area contributed by atoms with Gasteiger partial charge in [0.25, 0.3) is 0 Å². The molecular weight excluding hydrogens is 368 g/mol. The number of amides is 2. The van der Waals surface area contributed by atoms with Crippen LogP contribution in [0.15, 0.2) is 30.3 Å². The van der Waals surface area contributed by atoms with Crippen molar-refractivity contribution in [2.75, 3.05) is 26.3 Å². The fraction of sp³-hybridized carbons (Fsp3) is 0.500. The molecule has 2 saturated heterocycles. The van der Waals surface area contributed by atoms with Crippen molar-refractivity contribution >= 4 is 11.8 Å². The van der Waals surface area contributed by atoms with Crippen molar-refractivity contribution in [2.45, 2.75) is 38.6 Å². The number of carbonyl (C=O) groups is 2. The second kappa shape index (κ2) is 7.99. The summed E-state index contributed by atoms with van der Waals surface area (Å²) in [6, 6.07) is 9.98. The van der Waals surface area contributed by atoms with Crippen molar-refractivity contribution in [3.05, 3.63) is 52.8 Å². The Morgan fingerprint density at radius 2 is 1.90 bits per heavy atom. The first-order valence-corrected chi connectivity index (χ1v) is 10.2. The first kappa shape index (κ1) is 19.6. The Hall–Kier alpha value is -2.67. The first-order valence-electron chi connectivity index (χ1n) is 10.2. The van der Waals surface area contributed by atoms with Gasteiger partial charge >= 0.3 is 0 Å². The van der Waals surface area contributed by atoms with E-state index >= 15 is 0 Å². The first-order chi connectivity index (χ1) is 14.0. The number of nitrogens with one attached hydrogen (secondary N) is 2. The van der Waals surface area contributed by atoms with Crippen molar-refractivity contribution in [2.24, 2.45) is 5.92 Å². The predicted octanol–water partition coefficient (Wildman–Crippen LogP) is 1.85. The summed E-state index contributed by atoms with van der Waals surface area (Å²) in [4.78, 5) is 27.8. The van der Waals surface area contributed by atoms with E-state index in [1.54, 1.807) is 0 Å². The van der Waals surface area contributed by atoms with Crippen molar-refractivity contribution < 1.29 is 14.3 Å². The molecule has 2 aliphatic rings. The molecule has 29 heavy (non-hydrogen) atoms. The largest absolute Gasteiger partial charge is 0.381 e. The van der Waals surface area contributed by atoms with E-state index in [-0.39, 0.29) is 17.7 Å². The fourth-order valence-electron chi connectivity index (χ4n) is 4.37. The summed E-state index contributed by atoms with van der Waals surface area (Å²) >= 11 is 0. The zero-order valence-corrected chi connectivity index (χ0v) is 17.0. The minimum Gasteiger partial charge on any atom is -0.381 e. The molecule has 7 nitrogen and oxygen atoms in total. The van der Waals surface area contributed by atoms with E-state index < -0.39 is 5.41 Å². The van der Waals surface area contributed by atoms with E-state index in [1.807, 2.05) is 49.1 Å². The number of ether oxygens (including phenoxy) is 1. The minimum atomic E-state index is -0.536. The molecule has 0 unspecified atom stereocenters. The lowest BCUT2D eigenvalue weighted by Crippen LogP contribution is -2.61. The van der Waals surface area contributed by atoms with Gasteiger partial charge in [-0.15, -0.1) is 0 Å². The summed E-state index contributed by atoms with van der Waals surface area (Å²) in [7, 11) is 0. The third-order valence-corrected chi connectivity index (χ3v) is 6.34. The molecule has 1 aromatic heterocycles. The van der Waals surface area contributed by atoms with Crippen LogP contribution in [0.2, 0.25) is 0 Å². The van der Waals surface area contributed by atoms with Gasteiger partial charge in [0, 0.05) is 44.1 Å². The maximum absolute atomic E-state index is 13.4. The molecule has 0 bridgehead atoms. The van der Waals surface area contributed by atoms with Crippen LogP contribution in [-0.2, 0) is 26.3 Å². The number of aryl methyl sites for hydroxylation is 2. The highest BCUT2D eigenvalue weighted by Crippen LogP contribution is 2.38. The van der Waals surface area contributed by atoms with Crippen LogP contribution in [0.5, 0.6) is 0 Å². The van der Waals surface area contributed by atoms with Gasteiger partial charge in [0.05, 0.1) is 17.0 Å². The molecule has 2 amide bonds. The Bertz CT molecular complexity index is 861. The van der Waals surface area contributed by atoms with Gasteiger partial charge in [-0.3, -0.25) is 14.7 Å². The Morgan fingerprint density at radius 1 is 1.21 bits per heavy atom. The van der Waals surface area contributed by atoms with E-state index in [2.05, 4.69) is 15.5 Å². The lowest BCUT2D eigenvalue weighted by Gasteiger charge is -2.46. The van der Waals surface area contributed by atoms with Crippen LogP contribution in [0.25, 0.3) is 0 Å². The molecule has 2 N–H and O–H groups in total. The number of benzene rings is 1. The SMILES string of the molecule is Cc1n[nH]c(C)c1CNC(=O)C1CN(C(=O)C2(c3ccccc3)CCOCC2)C1. The fourth-order valence-corrected chi connectivity index (χ4v) is 4.37. The van der Waals surface area contributed by atoms with Gasteiger partial charge < -0.3 is 15.0 Å². The van der Waals surface area contributed by atoms with Crippen LogP contribution in [0, 0.1) is 19.8 Å². The number of carbonyl (C=O) groups excluding carboxylic acids is 2. The highest BCUT2D eigenvalue weighted by Gasteiger charge is 2.48. The minimum absolute atomic E-state index is 0.00483. The number of hydrogen-bond acceptors (Lipinski definition) is 4. The van der Waals surface area contributed by atoms with Gasteiger partial charge in [-0.2, -0.15) is 5.10 Å². The topological polar surface area (TPSA) is 87.3 Å². The number of nitrogens with zero attached hydrogens (tertiary/aromatic N) is 2. The Balaban J connectivity index is 1.38. The average Bonchev–Trinajstić information content (AvgIpc) is 3.04. The van der Waals surface area contributed by atoms with Crippen LogP contribution in [-0.4, -0.2) is 53.2 Å². The Morgan fingerprint density at radius 3 is 2.52 bits per heavy atom. The molecule has 4 rings (SSSR count). The Kier molecular flexibility index (Phi) is 5.41. The molecule has 7 heteroatoms. The summed E-state index contributed by atoms with van der Waals surface area (Å²) in [6.07, 6.45) is 1.37. The molecule has 0 radical (unpaired) electrons. The van der Waals surface area contributed by atoms with E-state index in [0.717, 1.165) is 22.5 Å². The van der Waals surface area contributed by atoms with E-state index in [9.17, 15) is 9.59 Å². The standard InChI is InChI=1S/C22H28N4O3/c1-15-19(16(2)25-24-15)12-23-20(27)17-13-26(14-17)21(28)22(8-10-29-11-9-22)18-6-4-3-5-7-18/h3-7,17H,8-14H2,1-2H3,(H,23,27)(H,24,25). The average molecular weight is 396 g/mol. The van der Waals surface area contributed by atoms with Gasteiger partial charge in [0.2, 0.25) is 11.8 Å². The number of H-pyrrole nitrogens is 1. The van der Waals surface area contributed by atoms with Crippen LogP contribution in [0.3, 0.4) is 0 Å². The molecule has 0 saturated carbocycles. The van der Waals surface area contributed by atoms with Gasteiger partial charge in [-0.25, -0.2) is 0 Å². The summed E-state index contributed by atoms with van der Waals surface area (Å²) in [5, 5.41) is 10.1. The van der Waals surface area contributed by atoms with Crippen LogP contribution < -0.4 is 5.32 Å². The van der Waals surface area contributed by atoms with Gasteiger partial charge in [-0.05, 0) is 32.3 Å². The maximum Gasteiger partial charge on any atom is 0.233 e. The summed E-state index contributed by atoms with van der Waals surface area (Å²) in [5.41, 5.74) is 3.41. The maximum atomic E-state index is 13.4. The zero-order valence-electron chi connectivity index (χ0n) is 17.0. The third-order valence-electron chi connectivity index (χ3n) is 6.34. The molecule has 0 aliphatic carbocycles. The van der Waals surface area contributed by atoms with E-state index in [4.69, 9.17) is 4.74 Å². The summed E-state index contributed by atoms with van der Waals surface area (Å²) < 4.78 is 5.53. The van der Waals surface area contributed by atoms with Crippen LogP contribution in [0.4, 0.5) is 0 Å². The zero-order chi connectivity index (χ0) is 20.4. The predicted molar refractivity (Wildman–Crippen MR) is 108 cm³/mol. The molecule has 154 valence electrons. The van der Waals surface area contributed by atoms with E-state index in [1.165, 1.54) is 0 Å². The highest BCUT2D eigenvalue weighted by molar-refractivity contribution is 5.91. The van der Waals surface area contributed by atoms with E-state index in [0.29, 0.717) is 45.7 Å². The molecular formula is C22H28N4O3. The summed E-state index contributed by atoms with van der Waals surface area (Å²) in [6.45, 7) is 6.45. The van der Waals surface area contributed by atoms with Crippen molar-refractivity contribution in [1.82, 2.24) is 20.4 Å². The lowest BCUT2D eigenvalue weighted by molar-refractivity contribution is -0.151. The van der Waals surface area contributed by atoms with Crippen LogP contribution >= 0.6 is 0 Å². The molecule has 3 heterocycles. The van der Waals surface area contributed by atoms with Gasteiger partial charge in [-0.1, -0.05) is 30.3 Å². The quantitative estimate of drug-likeness (QED) is 0.808. The normalized spacial score (nSPS) is 18.9. The van der Waals surface area contributed by atoms with Gasteiger partial charge in [0.15, 0.2) is 0 Å². The molecule has 1 aromatic carbocycles. The lowest BCUT2D eigenvalue weighted by atomic mass is 9.72. The van der Waals surface area contributed by atoms with Gasteiger partial charge in [0.1, 0.15) is 0 Å². The second-order valence-corrected chi connectivity index (χ2v) is 8.10. The Labute approximate surface area is 170 Å². The van der Waals surface area contributed by atoms with Crippen LogP contribution in [0.1, 0.15) is 35.4 Å². The number of hydrogen-bond donors (Lipinski definition) is 2. The molecule has 2 aromatic rings. The summed E-state index contributed by atoms with van der Waals surface area (Å²) in [5.74, 6) is -0.0357. The second-order valence-electron chi connectivity index (χ2n) is 8.10. The van der Waals surface area contributed by atoms with Crippen molar-refractivity contribution in [1.29, 1.82) is 0 Å². The molecule has 0 atom stereocenters. The van der Waals surface area contributed by atoms with Crippen molar-refractivity contribution in [3.63, 3.8) is 0 Å². The number of aromatic nitrogens is 2. The third kappa shape index (κ3) is 3.67. The molecule has 2 aliphatic heterocycles. The number of rotatable bonds is 5. The molecule has 2 fully saturated rings. The molecule has 0 spiro atoms. The van der Waals surface area contributed by atoms with Crippen molar-refractivity contribution in [3.8, 4) is 0 Å².